The molecule has 4 rings (SSSR count). The summed E-state index contributed by atoms with van der Waals surface area (Å²) in [6.45, 7) is 4.22. The SMILES string of the molecule is Cc1scc2[nH]c(=O)n(CCN3CCC(C(=O)c4ccc(F)cc4)CC3)c(=O)c12. The second-order valence-electron chi connectivity index (χ2n) is 7.45. The average Bonchev–Trinajstić information content (AvgIpc) is 3.09. The molecular weight excluding hydrogens is 393 g/mol. The number of H-pyrrole nitrogens is 1. The highest BCUT2D eigenvalue weighted by atomic mass is 32.1. The lowest BCUT2D eigenvalue weighted by Crippen LogP contribution is -2.42. The number of likely N-dealkylation sites (tertiary alicyclic amines) is 1. The summed E-state index contributed by atoms with van der Waals surface area (Å²) < 4.78 is 14.3. The number of halogens is 1. The van der Waals surface area contributed by atoms with Crippen molar-refractivity contribution in [1.29, 1.82) is 0 Å². The van der Waals surface area contributed by atoms with E-state index in [1.807, 2.05) is 6.92 Å². The molecule has 0 spiro atoms. The molecule has 0 amide bonds. The van der Waals surface area contributed by atoms with Gasteiger partial charge in [-0.3, -0.25) is 14.2 Å². The predicted molar refractivity (Wildman–Crippen MR) is 111 cm³/mol. The number of ketones is 1. The first-order chi connectivity index (χ1) is 13.9. The van der Waals surface area contributed by atoms with Crippen molar-refractivity contribution in [2.75, 3.05) is 19.6 Å². The van der Waals surface area contributed by atoms with Crippen molar-refractivity contribution >= 4 is 28.0 Å². The third-order valence-electron chi connectivity index (χ3n) is 5.65. The maximum absolute atomic E-state index is 13.0. The second kappa shape index (κ2) is 8.04. The van der Waals surface area contributed by atoms with Crippen molar-refractivity contribution in [3.8, 4) is 0 Å². The van der Waals surface area contributed by atoms with Gasteiger partial charge in [0.05, 0.1) is 10.9 Å². The fourth-order valence-electron chi connectivity index (χ4n) is 3.94. The number of nitrogens with one attached hydrogen (secondary N) is 1. The second-order valence-corrected chi connectivity index (χ2v) is 8.54. The number of carbonyl (C=O) groups is 1. The van der Waals surface area contributed by atoms with Gasteiger partial charge in [0.2, 0.25) is 0 Å². The molecule has 0 saturated carbocycles. The van der Waals surface area contributed by atoms with E-state index in [1.54, 1.807) is 5.38 Å². The average molecular weight is 415 g/mol. The van der Waals surface area contributed by atoms with Gasteiger partial charge in [-0.1, -0.05) is 0 Å². The Kier molecular flexibility index (Phi) is 5.47. The number of benzene rings is 1. The van der Waals surface area contributed by atoms with Crippen molar-refractivity contribution in [1.82, 2.24) is 14.5 Å². The molecule has 1 aromatic carbocycles. The number of fused-ring (bicyclic) bond motifs is 1. The summed E-state index contributed by atoms with van der Waals surface area (Å²) in [7, 11) is 0. The minimum Gasteiger partial charge on any atom is -0.306 e. The van der Waals surface area contributed by atoms with Gasteiger partial charge in [-0.15, -0.1) is 11.3 Å². The highest BCUT2D eigenvalue weighted by Crippen LogP contribution is 2.22. The van der Waals surface area contributed by atoms with Gasteiger partial charge < -0.3 is 9.88 Å². The Morgan fingerprint density at radius 1 is 1.17 bits per heavy atom. The highest BCUT2D eigenvalue weighted by molar-refractivity contribution is 7.11. The number of aromatic nitrogens is 2. The Morgan fingerprint density at radius 3 is 2.55 bits per heavy atom. The van der Waals surface area contributed by atoms with Gasteiger partial charge in [0.25, 0.3) is 5.56 Å². The number of thiophene rings is 1. The summed E-state index contributed by atoms with van der Waals surface area (Å²) >= 11 is 1.45. The minimum atomic E-state index is -0.387. The smallest absolute Gasteiger partial charge is 0.306 e. The molecule has 1 fully saturated rings. The number of rotatable bonds is 5. The maximum atomic E-state index is 13.0. The van der Waals surface area contributed by atoms with E-state index in [9.17, 15) is 18.8 Å². The van der Waals surface area contributed by atoms with Gasteiger partial charge in [0, 0.05) is 34.8 Å². The van der Waals surface area contributed by atoms with Gasteiger partial charge in [-0.2, -0.15) is 0 Å². The molecule has 0 unspecified atom stereocenters. The Balaban J connectivity index is 1.38. The van der Waals surface area contributed by atoms with Gasteiger partial charge in [-0.25, -0.2) is 9.18 Å². The molecule has 0 bridgehead atoms. The Labute approximate surface area is 170 Å². The zero-order valence-electron chi connectivity index (χ0n) is 16.1. The van der Waals surface area contributed by atoms with Crippen LogP contribution in [0.25, 0.3) is 10.9 Å². The van der Waals surface area contributed by atoms with Crippen LogP contribution in [0.1, 0.15) is 28.1 Å². The van der Waals surface area contributed by atoms with Crippen molar-refractivity contribution in [2.24, 2.45) is 5.92 Å². The van der Waals surface area contributed by atoms with Crippen LogP contribution in [0.4, 0.5) is 4.39 Å². The third-order valence-corrected chi connectivity index (χ3v) is 6.56. The summed E-state index contributed by atoms with van der Waals surface area (Å²) in [6.07, 6.45) is 1.42. The number of hydrogen-bond donors (Lipinski definition) is 1. The molecule has 1 aliphatic heterocycles. The molecule has 152 valence electrons. The topological polar surface area (TPSA) is 75.2 Å². The summed E-state index contributed by atoms with van der Waals surface area (Å²) in [5.74, 6) is -0.374. The molecule has 0 atom stereocenters. The first kappa shape index (κ1) is 19.7. The molecule has 3 aromatic rings. The van der Waals surface area contributed by atoms with E-state index in [4.69, 9.17) is 0 Å². The summed E-state index contributed by atoms with van der Waals surface area (Å²) in [6, 6.07) is 5.68. The lowest BCUT2D eigenvalue weighted by Gasteiger charge is -2.31. The van der Waals surface area contributed by atoms with Crippen LogP contribution in [-0.4, -0.2) is 39.9 Å². The van der Waals surface area contributed by atoms with Crippen LogP contribution >= 0.6 is 11.3 Å². The molecule has 1 N–H and O–H groups in total. The normalized spacial score (nSPS) is 15.8. The number of hydrogen-bond acceptors (Lipinski definition) is 5. The standard InChI is InChI=1S/C21H22FN3O3S/c1-13-18-17(12-29-13)23-21(28)25(20(18)27)11-10-24-8-6-15(7-9-24)19(26)14-2-4-16(22)5-3-14/h2-5,12,15H,6-11H2,1H3,(H,23,28). The number of piperidine rings is 1. The molecule has 3 heterocycles. The molecule has 1 aliphatic rings. The largest absolute Gasteiger partial charge is 0.328 e. The van der Waals surface area contributed by atoms with Crippen LogP contribution < -0.4 is 11.2 Å². The minimum absolute atomic E-state index is 0.0516. The van der Waals surface area contributed by atoms with Crippen LogP contribution in [0.5, 0.6) is 0 Å². The maximum Gasteiger partial charge on any atom is 0.328 e. The zero-order valence-corrected chi connectivity index (χ0v) is 16.9. The predicted octanol–water partition coefficient (Wildman–Crippen LogP) is 2.79. The van der Waals surface area contributed by atoms with Crippen LogP contribution in [0.2, 0.25) is 0 Å². The number of aryl methyl sites for hydroxylation is 1. The molecule has 1 saturated heterocycles. The van der Waals surface area contributed by atoms with E-state index < -0.39 is 0 Å². The van der Waals surface area contributed by atoms with Gasteiger partial charge >= 0.3 is 5.69 Å². The first-order valence-electron chi connectivity index (χ1n) is 9.67. The van der Waals surface area contributed by atoms with Gasteiger partial charge in [0.15, 0.2) is 5.78 Å². The van der Waals surface area contributed by atoms with Crippen LogP contribution in [-0.2, 0) is 6.54 Å². The van der Waals surface area contributed by atoms with Crippen molar-refractivity contribution in [2.45, 2.75) is 26.3 Å². The molecule has 8 heteroatoms. The molecule has 0 aliphatic carbocycles. The van der Waals surface area contributed by atoms with E-state index in [0.717, 1.165) is 18.0 Å². The van der Waals surface area contributed by atoms with E-state index in [2.05, 4.69) is 9.88 Å². The van der Waals surface area contributed by atoms with Gasteiger partial charge in [0.1, 0.15) is 5.82 Å². The van der Waals surface area contributed by atoms with Crippen LogP contribution in [0.15, 0.2) is 39.2 Å². The summed E-state index contributed by atoms with van der Waals surface area (Å²) in [5.41, 5.74) is 0.506. The molecular formula is C21H22FN3O3S. The van der Waals surface area contributed by atoms with Crippen molar-refractivity contribution in [3.05, 3.63) is 66.7 Å². The van der Waals surface area contributed by atoms with Crippen molar-refractivity contribution < 1.29 is 9.18 Å². The molecule has 29 heavy (non-hydrogen) atoms. The number of aromatic amines is 1. The van der Waals surface area contributed by atoms with Crippen LogP contribution in [0, 0.1) is 18.7 Å². The molecule has 6 nitrogen and oxygen atoms in total. The van der Waals surface area contributed by atoms with Gasteiger partial charge in [-0.05, 0) is 57.1 Å². The summed E-state index contributed by atoms with van der Waals surface area (Å²) in [5, 5.41) is 2.37. The number of nitrogens with zero attached hydrogens (tertiary/aromatic N) is 2. The van der Waals surface area contributed by atoms with E-state index in [-0.39, 0.29) is 28.8 Å². The zero-order chi connectivity index (χ0) is 20.5. The highest BCUT2D eigenvalue weighted by Gasteiger charge is 2.26. The van der Waals surface area contributed by atoms with E-state index in [1.165, 1.54) is 40.2 Å². The fraction of sp³-hybridized carbons (Fsp3) is 0.381. The Morgan fingerprint density at radius 2 is 1.86 bits per heavy atom. The number of carbonyl (C=O) groups excluding carboxylic acids is 1. The Hall–Kier alpha value is -2.58. The van der Waals surface area contributed by atoms with E-state index in [0.29, 0.717) is 42.4 Å². The lowest BCUT2D eigenvalue weighted by atomic mass is 9.89. The molecule has 0 radical (unpaired) electrons. The fourth-order valence-corrected chi connectivity index (χ4v) is 4.72. The first-order valence-corrected chi connectivity index (χ1v) is 10.5. The van der Waals surface area contributed by atoms with Crippen molar-refractivity contribution in [3.63, 3.8) is 0 Å². The van der Waals surface area contributed by atoms with Crippen LogP contribution in [0.3, 0.4) is 0 Å². The quantitative estimate of drug-likeness (QED) is 0.651. The number of Topliss-reactive ketones (excluding diaryl/α,β-unsaturated/α-hetero) is 1. The molecule has 2 aromatic heterocycles. The summed E-state index contributed by atoms with van der Waals surface area (Å²) in [4.78, 5) is 43.4. The lowest BCUT2D eigenvalue weighted by molar-refractivity contribution is 0.0837. The van der Waals surface area contributed by atoms with E-state index >= 15 is 0 Å². The third kappa shape index (κ3) is 3.95. The Bertz CT molecular complexity index is 1150. The monoisotopic (exact) mass is 415 g/mol.